The summed E-state index contributed by atoms with van der Waals surface area (Å²) in [6.07, 6.45) is -0.853. The SMILES string of the molecule is O=C(NCc1ccc(S(=O)(=O)N2CCC(Nc3nccc(C(F)(F)F)n3)CC2)s1)c1cccc([N+](=O)[O-])c1.O=C(NCc1ccc(S(=O)(=O)N2CCN(CCCc3ccccc3)CC2)s1)c1cccc([N+](=O)[O-])c1. The monoisotopic (exact) mass is 1100 g/mol. The molecule has 3 N–H and O–H groups in total. The molecule has 392 valence electrons. The lowest BCUT2D eigenvalue weighted by molar-refractivity contribution is -0.385. The lowest BCUT2D eigenvalue weighted by atomic mass is 10.1. The molecule has 6 aromatic rings. The molecule has 0 unspecified atom stereocenters. The topological polar surface area (TPSA) is 260 Å². The van der Waals surface area contributed by atoms with Gasteiger partial charge in [-0.1, -0.05) is 42.5 Å². The van der Waals surface area contributed by atoms with E-state index in [0.29, 0.717) is 48.8 Å². The first kappa shape index (κ1) is 55.0. The fourth-order valence-electron chi connectivity index (χ4n) is 7.85. The Morgan fingerprint density at radius 2 is 1.19 bits per heavy atom. The van der Waals surface area contributed by atoms with Crippen LogP contribution in [0.3, 0.4) is 0 Å². The summed E-state index contributed by atoms with van der Waals surface area (Å²) in [6.45, 7) is 3.70. The van der Waals surface area contributed by atoms with E-state index in [1.165, 1.54) is 62.7 Å². The quantitative estimate of drug-likeness (QED) is 0.0569. The number of non-ortho nitro benzene ring substituents is 2. The van der Waals surface area contributed by atoms with E-state index in [0.717, 1.165) is 60.4 Å². The van der Waals surface area contributed by atoms with Gasteiger partial charge in [0.1, 0.15) is 14.1 Å². The molecule has 27 heteroatoms. The fraction of sp³-hybridized carbons (Fsp3) is 0.319. The van der Waals surface area contributed by atoms with Gasteiger partial charge in [0.15, 0.2) is 0 Å². The molecular formula is C47H49F3N10O10S4. The molecule has 0 radical (unpaired) electrons. The van der Waals surface area contributed by atoms with E-state index >= 15 is 0 Å². The smallest absolute Gasteiger partial charge is 0.351 e. The Hall–Kier alpha value is -6.75. The number of hydrogen-bond donors (Lipinski definition) is 3. The van der Waals surface area contributed by atoms with Crippen LogP contribution >= 0.6 is 22.7 Å². The van der Waals surface area contributed by atoms with Gasteiger partial charge in [0.2, 0.25) is 5.95 Å². The molecule has 2 fully saturated rings. The van der Waals surface area contributed by atoms with Crippen LogP contribution in [0.1, 0.15) is 61.0 Å². The van der Waals surface area contributed by atoms with Crippen molar-refractivity contribution in [2.45, 2.75) is 59.4 Å². The average molecular weight is 1100 g/mol. The maximum atomic E-state index is 13.1. The number of alkyl halides is 3. The molecule has 0 bridgehead atoms. The van der Waals surface area contributed by atoms with Crippen molar-refractivity contribution in [2.24, 2.45) is 0 Å². The van der Waals surface area contributed by atoms with Gasteiger partial charge in [0, 0.05) is 96.7 Å². The van der Waals surface area contributed by atoms with E-state index in [4.69, 9.17) is 0 Å². The van der Waals surface area contributed by atoms with Crippen molar-refractivity contribution in [1.82, 2.24) is 34.1 Å². The van der Waals surface area contributed by atoms with Gasteiger partial charge in [-0.15, -0.1) is 22.7 Å². The average Bonchev–Trinajstić information content (AvgIpc) is 4.10. The lowest BCUT2D eigenvalue weighted by Gasteiger charge is -2.33. The third-order valence-electron chi connectivity index (χ3n) is 11.8. The van der Waals surface area contributed by atoms with Crippen molar-refractivity contribution < 1.29 is 49.4 Å². The van der Waals surface area contributed by atoms with E-state index in [2.05, 4.69) is 43.0 Å². The molecule has 0 spiro atoms. The van der Waals surface area contributed by atoms with Crippen LogP contribution in [-0.4, -0.2) is 114 Å². The van der Waals surface area contributed by atoms with Crippen molar-refractivity contribution in [1.29, 1.82) is 0 Å². The number of piperazine rings is 1. The summed E-state index contributed by atoms with van der Waals surface area (Å²) in [6, 6.07) is 27.8. The number of aromatic nitrogens is 2. The standard InChI is InChI=1S/C25H28N4O5S2.C22H21F3N6O5S2/c30-25(21-9-4-10-22(18-21)29(31)32)26-19-23-11-12-24(35-23)36(33,34)28-16-14-27(15-17-28)13-5-8-20-6-2-1-3-7-20;23-22(24,25)18-6-9-26-21(29-18)28-15-7-10-30(11-8-15)38(35,36)19-5-4-17(37-19)13-27-20(32)14-2-1-3-16(12-14)31(33)34/h1-4,6-7,9-12,18H,5,8,13-17,19H2,(H,26,30);1-6,9,12,15H,7-8,10-11,13H2,(H,27,32)(H,26,28,29). The van der Waals surface area contributed by atoms with E-state index in [1.54, 1.807) is 18.2 Å². The van der Waals surface area contributed by atoms with Crippen LogP contribution in [-0.2, 0) is 45.7 Å². The number of carbonyl (C=O) groups is 2. The number of benzene rings is 3. The number of aryl methyl sites for hydroxylation is 1. The number of sulfonamides is 2. The summed E-state index contributed by atoms with van der Waals surface area (Å²) in [5, 5.41) is 30.0. The number of nitrogens with one attached hydrogen (secondary N) is 3. The zero-order chi connectivity index (χ0) is 53.0. The van der Waals surface area contributed by atoms with Crippen LogP contribution in [0.4, 0.5) is 30.5 Å². The Labute approximate surface area is 431 Å². The molecule has 20 nitrogen and oxygen atoms in total. The van der Waals surface area contributed by atoms with Gasteiger partial charge in [0.25, 0.3) is 43.2 Å². The summed E-state index contributed by atoms with van der Waals surface area (Å²) in [7, 11) is -7.41. The number of amides is 2. The highest BCUT2D eigenvalue weighted by molar-refractivity contribution is 7.91. The number of nitro benzene ring substituents is 2. The number of anilines is 1. The van der Waals surface area contributed by atoms with Crippen LogP contribution in [0.2, 0.25) is 0 Å². The van der Waals surface area contributed by atoms with Crippen LogP contribution in [0.15, 0.2) is 124 Å². The molecule has 0 saturated carbocycles. The second-order valence-electron chi connectivity index (χ2n) is 16.8. The molecule has 2 aliphatic rings. The van der Waals surface area contributed by atoms with E-state index < -0.39 is 53.6 Å². The highest BCUT2D eigenvalue weighted by Gasteiger charge is 2.35. The van der Waals surface area contributed by atoms with E-state index in [9.17, 15) is 59.8 Å². The van der Waals surface area contributed by atoms with Gasteiger partial charge in [-0.05, 0) is 80.3 Å². The molecule has 2 saturated heterocycles. The number of nitrogens with zero attached hydrogens (tertiary/aromatic N) is 7. The second kappa shape index (κ2) is 24.5. The van der Waals surface area contributed by atoms with Gasteiger partial charge in [-0.3, -0.25) is 29.8 Å². The van der Waals surface area contributed by atoms with Gasteiger partial charge in [-0.25, -0.2) is 26.8 Å². The molecule has 2 aliphatic heterocycles. The van der Waals surface area contributed by atoms with Crippen LogP contribution in [0.25, 0.3) is 0 Å². The molecule has 3 aromatic heterocycles. The van der Waals surface area contributed by atoms with Gasteiger partial charge in [0.05, 0.1) is 22.9 Å². The summed E-state index contributed by atoms with van der Waals surface area (Å²) >= 11 is 2.12. The van der Waals surface area contributed by atoms with E-state index in [-0.39, 0.29) is 69.1 Å². The summed E-state index contributed by atoms with van der Waals surface area (Å²) in [5.41, 5.74) is 0.149. The number of hydrogen-bond acceptors (Lipinski definition) is 16. The minimum absolute atomic E-state index is 0.0324. The number of halogens is 3. The molecular weight excluding hydrogens is 1050 g/mol. The van der Waals surface area contributed by atoms with Crippen molar-refractivity contribution in [3.8, 4) is 0 Å². The minimum Gasteiger partial charge on any atom is -0.351 e. The Balaban J connectivity index is 0.000000217. The molecule has 0 atom stereocenters. The number of rotatable bonds is 18. The second-order valence-corrected chi connectivity index (χ2v) is 23.5. The third-order valence-corrected chi connectivity index (χ3v) is 18.7. The third kappa shape index (κ3) is 14.7. The molecule has 2 amide bonds. The zero-order valence-corrected chi connectivity index (χ0v) is 42.5. The van der Waals surface area contributed by atoms with Gasteiger partial charge < -0.3 is 20.9 Å². The van der Waals surface area contributed by atoms with Crippen molar-refractivity contribution in [2.75, 3.05) is 51.1 Å². The Morgan fingerprint density at radius 3 is 1.69 bits per heavy atom. The van der Waals surface area contributed by atoms with E-state index in [1.807, 2.05) is 18.2 Å². The molecule has 0 aliphatic carbocycles. The molecule has 3 aromatic carbocycles. The maximum absolute atomic E-state index is 13.1. The highest BCUT2D eigenvalue weighted by Crippen LogP contribution is 2.31. The molecule has 5 heterocycles. The number of carbonyl (C=O) groups excluding carboxylic acids is 2. The first-order valence-corrected chi connectivity index (χ1v) is 27.4. The van der Waals surface area contributed by atoms with Gasteiger partial charge in [-0.2, -0.15) is 21.8 Å². The van der Waals surface area contributed by atoms with Crippen molar-refractivity contribution in [3.63, 3.8) is 0 Å². The number of thiophene rings is 2. The van der Waals surface area contributed by atoms with Gasteiger partial charge >= 0.3 is 6.18 Å². The molecule has 8 rings (SSSR count). The fourth-order valence-corrected chi connectivity index (χ4v) is 13.6. The lowest BCUT2D eigenvalue weighted by Crippen LogP contribution is -2.48. The Kier molecular flexibility index (Phi) is 18.2. The zero-order valence-electron chi connectivity index (χ0n) is 39.2. The number of nitro groups is 2. The minimum atomic E-state index is -4.60. The normalized spacial score (nSPS) is 15.1. The summed E-state index contributed by atoms with van der Waals surface area (Å²) < 4.78 is 94.2. The summed E-state index contributed by atoms with van der Waals surface area (Å²) in [4.78, 5) is 56.2. The predicted molar refractivity (Wildman–Crippen MR) is 270 cm³/mol. The number of piperidine rings is 1. The van der Waals surface area contributed by atoms with Crippen LogP contribution in [0.5, 0.6) is 0 Å². The largest absolute Gasteiger partial charge is 0.433 e. The maximum Gasteiger partial charge on any atom is 0.433 e. The van der Waals surface area contributed by atoms with Crippen LogP contribution < -0.4 is 16.0 Å². The predicted octanol–water partition coefficient (Wildman–Crippen LogP) is 7.19. The van der Waals surface area contributed by atoms with Crippen molar-refractivity contribution >= 4 is 71.9 Å². The van der Waals surface area contributed by atoms with Crippen molar-refractivity contribution in [3.05, 3.63) is 168 Å². The first-order valence-electron chi connectivity index (χ1n) is 22.9. The molecule has 74 heavy (non-hydrogen) atoms. The summed E-state index contributed by atoms with van der Waals surface area (Å²) in [5.74, 6) is -1.16. The Bertz CT molecular complexity index is 3170. The first-order chi connectivity index (χ1) is 35.3. The van der Waals surface area contributed by atoms with Crippen LogP contribution in [0, 0.1) is 20.2 Å². The Morgan fingerprint density at radius 1 is 0.676 bits per heavy atom. The highest BCUT2D eigenvalue weighted by atomic mass is 32.3.